The van der Waals surface area contributed by atoms with E-state index >= 15 is 0 Å². The molecule has 6 heteroatoms. The van der Waals surface area contributed by atoms with Crippen molar-refractivity contribution < 1.29 is 14.7 Å². The van der Waals surface area contributed by atoms with E-state index in [4.69, 9.17) is 0 Å². The molecule has 1 fully saturated rings. The summed E-state index contributed by atoms with van der Waals surface area (Å²) in [6, 6.07) is 0.606. The van der Waals surface area contributed by atoms with Crippen LogP contribution in [-0.2, 0) is 9.59 Å². The first-order valence-corrected chi connectivity index (χ1v) is 29.9. The molecule has 0 spiro atoms. The van der Waals surface area contributed by atoms with Gasteiger partial charge in [-0.2, -0.15) is 0 Å². The Morgan fingerprint density at radius 2 is 0.574 bits per heavy atom. The highest BCUT2D eigenvalue weighted by Crippen LogP contribution is 2.25. The van der Waals surface area contributed by atoms with Gasteiger partial charge in [0.05, 0.1) is 6.10 Å². The maximum atomic E-state index is 13.5. The van der Waals surface area contributed by atoms with Gasteiger partial charge in [-0.1, -0.05) is 166 Å². The molecule has 0 saturated heterocycles. The Morgan fingerprint density at radius 1 is 0.338 bits per heavy atom. The van der Waals surface area contributed by atoms with Crippen LogP contribution in [-0.4, -0.2) is 83.0 Å². The van der Waals surface area contributed by atoms with Crippen LogP contribution in [0.5, 0.6) is 0 Å². The monoisotopic (exact) mass is 950 g/mol. The number of amides is 2. The second-order valence-corrected chi connectivity index (χ2v) is 21.1. The number of rotatable bonds is 53. The van der Waals surface area contributed by atoms with Gasteiger partial charge in [-0.25, -0.2) is 0 Å². The second-order valence-electron chi connectivity index (χ2n) is 21.1. The molecule has 6 nitrogen and oxygen atoms in total. The Bertz CT molecular complexity index is 1040. The lowest BCUT2D eigenvalue weighted by Gasteiger charge is -2.36. The van der Waals surface area contributed by atoms with Crippen LogP contribution < -0.4 is 0 Å². The van der Waals surface area contributed by atoms with Gasteiger partial charge in [0.25, 0.3) is 0 Å². The summed E-state index contributed by atoms with van der Waals surface area (Å²) in [5, 5.41) is 10.3. The van der Waals surface area contributed by atoms with Crippen molar-refractivity contribution >= 4 is 11.8 Å². The van der Waals surface area contributed by atoms with Crippen LogP contribution in [0.25, 0.3) is 0 Å². The molecule has 68 heavy (non-hydrogen) atoms. The van der Waals surface area contributed by atoms with E-state index in [2.05, 4.69) is 41.0 Å². The van der Waals surface area contributed by atoms with Crippen molar-refractivity contribution in [3.05, 3.63) is 50.6 Å². The molecule has 1 rings (SSSR count). The fraction of sp³-hybridized carbons (Fsp3) is 0.839. The zero-order valence-corrected chi connectivity index (χ0v) is 45.3. The van der Waals surface area contributed by atoms with Crippen molar-refractivity contribution in [2.75, 3.05) is 39.3 Å². The lowest BCUT2D eigenvalue weighted by molar-refractivity contribution is -0.132. The number of carbonyl (C=O) groups is 2. The largest absolute Gasteiger partial charge is 0.393 e. The van der Waals surface area contributed by atoms with Crippen molar-refractivity contribution in [3.63, 3.8) is 0 Å². The molecular formula is C62H115N3O3. The molecule has 0 radical (unpaired) electrons. The molecule has 1 saturated carbocycles. The topological polar surface area (TPSA) is 64.1 Å². The van der Waals surface area contributed by atoms with Gasteiger partial charge in [-0.3, -0.25) is 9.59 Å². The van der Waals surface area contributed by atoms with Crippen molar-refractivity contribution in [2.45, 2.75) is 295 Å². The van der Waals surface area contributed by atoms with Crippen LogP contribution in [0.2, 0.25) is 0 Å². The van der Waals surface area contributed by atoms with Crippen molar-refractivity contribution in [3.8, 4) is 0 Å². The fourth-order valence-electron chi connectivity index (χ4n) is 10.4. The minimum absolute atomic E-state index is 0.116. The minimum Gasteiger partial charge on any atom is -0.393 e. The molecule has 1 aliphatic rings. The quantitative estimate of drug-likeness (QED) is 0.0487. The molecule has 0 aromatic heterocycles. The Balaban J connectivity index is 2.45. The molecule has 396 valence electrons. The summed E-state index contributed by atoms with van der Waals surface area (Å²) in [5.74, 6) is 0.778. The van der Waals surface area contributed by atoms with Gasteiger partial charge in [0.1, 0.15) is 0 Å². The van der Waals surface area contributed by atoms with Crippen LogP contribution in [0.4, 0.5) is 0 Å². The average molecular weight is 951 g/mol. The Hall–Kier alpha value is -2.18. The number of unbranched alkanes of at least 4 members (excludes halogenated alkanes) is 32. The molecule has 1 N–H and O–H groups in total. The Morgan fingerprint density at radius 3 is 0.853 bits per heavy atom. The second kappa shape index (κ2) is 49.8. The average Bonchev–Trinajstić information content (AvgIpc) is 3.34. The smallest absolute Gasteiger partial charge is 0.222 e. The van der Waals surface area contributed by atoms with E-state index in [-0.39, 0.29) is 6.10 Å². The number of hydrogen-bond donors (Lipinski definition) is 1. The molecule has 0 unspecified atom stereocenters. The Labute approximate surface area is 424 Å². The van der Waals surface area contributed by atoms with E-state index in [1.807, 2.05) is 24.3 Å². The molecule has 0 aromatic carbocycles. The summed E-state index contributed by atoms with van der Waals surface area (Å²) in [4.78, 5) is 34.1. The molecule has 1 aliphatic carbocycles. The van der Waals surface area contributed by atoms with Crippen molar-refractivity contribution in [1.29, 1.82) is 0 Å². The van der Waals surface area contributed by atoms with Crippen molar-refractivity contribution in [2.24, 2.45) is 0 Å². The third-order valence-corrected chi connectivity index (χ3v) is 14.9. The van der Waals surface area contributed by atoms with Gasteiger partial charge in [-0.05, 0) is 142 Å². The van der Waals surface area contributed by atoms with Crippen molar-refractivity contribution in [1.82, 2.24) is 14.7 Å². The normalized spacial score (nSPS) is 14.9. The molecule has 0 aromatic rings. The number of allylic oxidation sites excluding steroid dienone is 4. The number of hydrogen-bond acceptors (Lipinski definition) is 4. The first kappa shape index (κ1) is 63.8. The van der Waals surface area contributed by atoms with E-state index in [1.54, 1.807) is 0 Å². The summed E-state index contributed by atoms with van der Waals surface area (Å²) in [6.07, 6.45) is 59.8. The molecular weight excluding hydrogens is 835 g/mol. The van der Waals surface area contributed by atoms with E-state index in [9.17, 15) is 14.7 Å². The first-order chi connectivity index (χ1) is 33.5. The maximum absolute atomic E-state index is 13.5. The zero-order valence-electron chi connectivity index (χ0n) is 45.3. The van der Waals surface area contributed by atoms with Crippen LogP contribution in [0, 0.1) is 0 Å². The third kappa shape index (κ3) is 39.5. The molecule has 0 aliphatic heterocycles. The third-order valence-electron chi connectivity index (χ3n) is 14.9. The van der Waals surface area contributed by atoms with E-state index in [0.717, 1.165) is 142 Å². The van der Waals surface area contributed by atoms with Gasteiger partial charge in [0.15, 0.2) is 0 Å². The predicted molar refractivity (Wildman–Crippen MR) is 298 cm³/mol. The molecule has 0 atom stereocenters. The molecule has 0 heterocycles. The SMILES string of the molecule is C=CCCCCCCCCN(CCCCCCCCC=C)C(=O)CCCCCCCN(CCCCCCCC(=O)N(CCCCCCCCC=C)CCCCCCCCC=C)C1CCC(O)CC1. The molecule has 2 amide bonds. The summed E-state index contributed by atoms with van der Waals surface area (Å²) in [5.41, 5.74) is 0. The molecule has 0 bridgehead atoms. The first-order valence-electron chi connectivity index (χ1n) is 29.9. The van der Waals surface area contributed by atoms with E-state index in [0.29, 0.717) is 30.7 Å². The van der Waals surface area contributed by atoms with Crippen LogP contribution in [0.15, 0.2) is 50.6 Å². The lowest BCUT2D eigenvalue weighted by Crippen LogP contribution is -2.40. The van der Waals surface area contributed by atoms with Crippen LogP contribution in [0.1, 0.15) is 283 Å². The van der Waals surface area contributed by atoms with Gasteiger partial charge in [0, 0.05) is 45.1 Å². The predicted octanol–water partition coefficient (Wildman–Crippen LogP) is 17.6. The summed E-state index contributed by atoms with van der Waals surface area (Å²) in [7, 11) is 0. The van der Waals surface area contributed by atoms with E-state index < -0.39 is 0 Å². The number of aliphatic hydroxyl groups excluding tert-OH is 1. The standard InChI is InChI=1S/C62H115N3O3/c1-5-9-13-17-21-25-33-43-55-64(56-44-34-26-22-18-14-10-6-2)61(67)47-39-31-29-37-41-53-63(59-49-51-60(66)52-50-59)54-42-38-30-32-40-48-62(68)65(57-45-35-27-23-19-15-11-7-3)58-46-36-28-24-20-16-12-8-4/h5-8,59-60,66H,1-4,9-58H2. The number of aliphatic hydroxyl groups is 1. The van der Waals surface area contributed by atoms with Crippen LogP contribution in [0.3, 0.4) is 0 Å². The minimum atomic E-state index is -0.116. The summed E-state index contributed by atoms with van der Waals surface area (Å²) < 4.78 is 0. The summed E-state index contributed by atoms with van der Waals surface area (Å²) >= 11 is 0. The fourth-order valence-corrected chi connectivity index (χ4v) is 10.4. The van der Waals surface area contributed by atoms with Crippen LogP contribution >= 0.6 is 0 Å². The van der Waals surface area contributed by atoms with Gasteiger partial charge < -0.3 is 19.8 Å². The summed E-state index contributed by atoms with van der Waals surface area (Å²) in [6.45, 7) is 21.5. The van der Waals surface area contributed by atoms with Gasteiger partial charge >= 0.3 is 0 Å². The Kier molecular flexibility index (Phi) is 46.7. The highest BCUT2D eigenvalue weighted by molar-refractivity contribution is 5.76. The lowest BCUT2D eigenvalue weighted by atomic mass is 9.91. The number of nitrogens with zero attached hydrogens (tertiary/aromatic N) is 3. The van der Waals surface area contributed by atoms with Gasteiger partial charge in [0.2, 0.25) is 11.8 Å². The van der Waals surface area contributed by atoms with E-state index in [1.165, 1.54) is 167 Å². The highest BCUT2D eigenvalue weighted by atomic mass is 16.3. The maximum Gasteiger partial charge on any atom is 0.222 e. The zero-order chi connectivity index (χ0) is 49.2. The van der Waals surface area contributed by atoms with Gasteiger partial charge in [-0.15, -0.1) is 26.3 Å². The highest BCUT2D eigenvalue weighted by Gasteiger charge is 2.24. The number of carbonyl (C=O) groups excluding carboxylic acids is 2.